The lowest BCUT2D eigenvalue weighted by Gasteiger charge is -2.26. The van der Waals surface area contributed by atoms with Crippen molar-refractivity contribution in [3.8, 4) is 6.01 Å². The first kappa shape index (κ1) is 13.4. The molecule has 0 radical (unpaired) electrons. The quantitative estimate of drug-likeness (QED) is 0.726. The third-order valence-corrected chi connectivity index (χ3v) is 2.24. The molecule has 96 valence electrons. The van der Waals surface area contributed by atoms with Crippen LogP contribution in [0.2, 0.25) is 0 Å². The molecule has 0 spiro atoms. The number of aliphatic hydroxyl groups is 1. The third-order valence-electron chi connectivity index (χ3n) is 2.24. The van der Waals surface area contributed by atoms with E-state index < -0.39 is 0 Å². The van der Waals surface area contributed by atoms with Crippen molar-refractivity contribution in [1.29, 1.82) is 0 Å². The Bertz CT molecular complexity index is 359. The highest BCUT2D eigenvalue weighted by atomic mass is 16.5. The van der Waals surface area contributed by atoms with E-state index in [0.29, 0.717) is 18.9 Å². The maximum Gasteiger partial charge on any atom is 0.322 e. The highest BCUT2D eigenvalue weighted by Crippen LogP contribution is 2.15. The molecule has 1 aromatic heterocycles. The van der Waals surface area contributed by atoms with Crippen LogP contribution in [-0.4, -0.2) is 46.4 Å². The summed E-state index contributed by atoms with van der Waals surface area (Å²) in [6, 6.07) is 0.398. The summed E-state index contributed by atoms with van der Waals surface area (Å²) in [6.45, 7) is 4.81. The molecule has 1 aromatic rings. The van der Waals surface area contributed by atoms with Crippen molar-refractivity contribution in [1.82, 2.24) is 15.0 Å². The normalized spacial score (nSPS) is 10.6. The van der Waals surface area contributed by atoms with Crippen LogP contribution in [0.3, 0.4) is 0 Å². The van der Waals surface area contributed by atoms with Crippen molar-refractivity contribution in [2.45, 2.75) is 26.3 Å². The molecule has 0 aliphatic heterocycles. The van der Waals surface area contributed by atoms with Gasteiger partial charge in [0.2, 0.25) is 11.9 Å². The Labute approximate surface area is 101 Å². The summed E-state index contributed by atoms with van der Waals surface area (Å²) in [4.78, 5) is 14.0. The molecule has 0 aliphatic rings. The molecule has 3 N–H and O–H groups in total. The molecule has 0 aliphatic carbocycles. The summed E-state index contributed by atoms with van der Waals surface area (Å²) in [5.41, 5.74) is 5.58. The Morgan fingerprint density at radius 3 is 2.59 bits per heavy atom. The van der Waals surface area contributed by atoms with Crippen LogP contribution in [-0.2, 0) is 0 Å². The second-order valence-electron chi connectivity index (χ2n) is 3.84. The average Bonchev–Trinajstić information content (AvgIpc) is 2.28. The summed E-state index contributed by atoms with van der Waals surface area (Å²) >= 11 is 0. The molecule has 7 nitrogen and oxygen atoms in total. The molecule has 0 amide bonds. The van der Waals surface area contributed by atoms with Crippen LogP contribution in [0.1, 0.15) is 20.3 Å². The Hall–Kier alpha value is -1.63. The van der Waals surface area contributed by atoms with Crippen molar-refractivity contribution >= 4 is 11.9 Å². The van der Waals surface area contributed by atoms with E-state index in [1.165, 1.54) is 7.11 Å². The van der Waals surface area contributed by atoms with Gasteiger partial charge in [-0.05, 0) is 20.3 Å². The predicted octanol–water partition coefficient (Wildman–Crippen LogP) is 0.0596. The Kier molecular flexibility index (Phi) is 4.89. The summed E-state index contributed by atoms with van der Waals surface area (Å²) in [5.74, 6) is 0.597. The maximum absolute atomic E-state index is 8.87. The van der Waals surface area contributed by atoms with Crippen LogP contribution in [0, 0.1) is 0 Å². The molecule has 0 fully saturated rings. The Morgan fingerprint density at radius 2 is 2.06 bits per heavy atom. The van der Waals surface area contributed by atoms with E-state index in [1.54, 1.807) is 0 Å². The molecule has 0 bridgehead atoms. The Balaban J connectivity index is 2.96. The summed E-state index contributed by atoms with van der Waals surface area (Å²) < 4.78 is 4.95. The van der Waals surface area contributed by atoms with E-state index in [9.17, 15) is 0 Å². The third kappa shape index (κ3) is 3.70. The van der Waals surface area contributed by atoms with Gasteiger partial charge < -0.3 is 20.5 Å². The van der Waals surface area contributed by atoms with Gasteiger partial charge >= 0.3 is 6.01 Å². The fraction of sp³-hybridized carbons (Fsp3) is 0.700. The highest BCUT2D eigenvalue weighted by molar-refractivity contribution is 5.36. The molecule has 1 heterocycles. The number of aliphatic hydroxyl groups excluding tert-OH is 1. The number of ether oxygens (including phenoxy) is 1. The van der Waals surface area contributed by atoms with Crippen LogP contribution < -0.4 is 15.4 Å². The molecular weight excluding hydrogens is 222 g/mol. The van der Waals surface area contributed by atoms with Gasteiger partial charge in [-0.2, -0.15) is 15.0 Å². The van der Waals surface area contributed by atoms with Crippen molar-refractivity contribution in [3.63, 3.8) is 0 Å². The second-order valence-corrected chi connectivity index (χ2v) is 3.84. The van der Waals surface area contributed by atoms with Gasteiger partial charge in [0.15, 0.2) is 0 Å². The van der Waals surface area contributed by atoms with Crippen LogP contribution in [0.25, 0.3) is 0 Å². The first-order valence-electron chi connectivity index (χ1n) is 5.51. The van der Waals surface area contributed by atoms with Gasteiger partial charge in [0, 0.05) is 19.2 Å². The zero-order valence-corrected chi connectivity index (χ0v) is 10.4. The molecule has 0 unspecified atom stereocenters. The number of anilines is 2. The number of nitrogens with two attached hydrogens (primary N) is 1. The zero-order valence-electron chi connectivity index (χ0n) is 10.4. The molecule has 7 heteroatoms. The number of rotatable bonds is 6. The topological polar surface area (TPSA) is 97.4 Å². The van der Waals surface area contributed by atoms with Gasteiger partial charge in [-0.15, -0.1) is 0 Å². The molecule has 0 aromatic carbocycles. The molecule has 0 saturated heterocycles. The van der Waals surface area contributed by atoms with E-state index in [4.69, 9.17) is 15.6 Å². The molecule has 0 atom stereocenters. The number of aromatic nitrogens is 3. The average molecular weight is 241 g/mol. The highest BCUT2D eigenvalue weighted by Gasteiger charge is 2.15. The van der Waals surface area contributed by atoms with Gasteiger partial charge in [0.25, 0.3) is 0 Å². The van der Waals surface area contributed by atoms with Crippen LogP contribution in [0.4, 0.5) is 11.9 Å². The first-order valence-corrected chi connectivity index (χ1v) is 5.51. The maximum atomic E-state index is 8.87. The van der Waals surface area contributed by atoms with Crippen LogP contribution in [0.5, 0.6) is 6.01 Å². The monoisotopic (exact) mass is 241 g/mol. The minimum absolute atomic E-state index is 0.126. The SMILES string of the molecule is COc1nc(N)nc(N(CCCO)C(C)C)n1. The fourth-order valence-corrected chi connectivity index (χ4v) is 1.41. The summed E-state index contributed by atoms with van der Waals surface area (Å²) in [7, 11) is 1.48. The van der Waals surface area contributed by atoms with Gasteiger partial charge in [0.05, 0.1) is 7.11 Å². The van der Waals surface area contributed by atoms with Crippen molar-refractivity contribution in [3.05, 3.63) is 0 Å². The number of methoxy groups -OCH3 is 1. The largest absolute Gasteiger partial charge is 0.467 e. The van der Waals surface area contributed by atoms with E-state index in [-0.39, 0.29) is 24.6 Å². The second kappa shape index (κ2) is 6.19. The van der Waals surface area contributed by atoms with Crippen molar-refractivity contribution in [2.75, 3.05) is 30.9 Å². The van der Waals surface area contributed by atoms with Crippen LogP contribution in [0.15, 0.2) is 0 Å². The van der Waals surface area contributed by atoms with Gasteiger partial charge in [0.1, 0.15) is 0 Å². The van der Waals surface area contributed by atoms with E-state index >= 15 is 0 Å². The van der Waals surface area contributed by atoms with E-state index in [1.807, 2.05) is 18.7 Å². The molecule has 0 saturated carbocycles. The van der Waals surface area contributed by atoms with Crippen LogP contribution >= 0.6 is 0 Å². The number of hydrogen-bond donors (Lipinski definition) is 2. The van der Waals surface area contributed by atoms with Crippen molar-refractivity contribution < 1.29 is 9.84 Å². The van der Waals surface area contributed by atoms with E-state index in [2.05, 4.69) is 15.0 Å². The first-order chi connectivity index (χ1) is 8.08. The lowest BCUT2D eigenvalue weighted by atomic mass is 10.3. The minimum Gasteiger partial charge on any atom is -0.467 e. The number of nitrogen functional groups attached to an aromatic ring is 1. The summed E-state index contributed by atoms with van der Waals surface area (Å²) in [6.07, 6.45) is 0.645. The minimum atomic E-state index is 0.126. The Morgan fingerprint density at radius 1 is 1.35 bits per heavy atom. The standard InChI is InChI=1S/C10H19N5O2/c1-7(2)15(5-4-6-16)9-12-8(11)13-10(14-9)17-3/h7,16H,4-6H2,1-3H3,(H2,11,12,13,14). The van der Waals surface area contributed by atoms with Crippen molar-refractivity contribution in [2.24, 2.45) is 0 Å². The van der Waals surface area contributed by atoms with Gasteiger partial charge in [-0.3, -0.25) is 0 Å². The number of hydrogen-bond acceptors (Lipinski definition) is 7. The molecule has 17 heavy (non-hydrogen) atoms. The fourth-order valence-electron chi connectivity index (χ4n) is 1.41. The molecule has 1 rings (SSSR count). The lowest BCUT2D eigenvalue weighted by molar-refractivity contribution is 0.288. The predicted molar refractivity (Wildman–Crippen MR) is 65.0 cm³/mol. The molecular formula is C10H19N5O2. The zero-order chi connectivity index (χ0) is 12.8. The number of nitrogens with zero attached hydrogens (tertiary/aromatic N) is 4. The summed E-state index contributed by atoms with van der Waals surface area (Å²) in [5, 5.41) is 8.87. The van der Waals surface area contributed by atoms with Gasteiger partial charge in [-0.1, -0.05) is 0 Å². The van der Waals surface area contributed by atoms with Gasteiger partial charge in [-0.25, -0.2) is 0 Å². The van der Waals surface area contributed by atoms with E-state index in [0.717, 1.165) is 0 Å². The lowest BCUT2D eigenvalue weighted by Crippen LogP contribution is -2.34. The smallest absolute Gasteiger partial charge is 0.322 e.